The van der Waals surface area contributed by atoms with Crippen molar-refractivity contribution < 1.29 is 14.3 Å². The molecule has 148 valence electrons. The van der Waals surface area contributed by atoms with Gasteiger partial charge < -0.3 is 15.4 Å². The van der Waals surface area contributed by atoms with Gasteiger partial charge in [0.05, 0.1) is 7.11 Å². The minimum absolute atomic E-state index is 0.192. The lowest BCUT2D eigenvalue weighted by Gasteiger charge is -2.09. The zero-order valence-electron chi connectivity index (χ0n) is 15.9. The van der Waals surface area contributed by atoms with Crippen molar-refractivity contribution in [3.63, 3.8) is 0 Å². The SMILES string of the molecule is COc1cccc(-c2ccc(C(=O)NCCNC(=O)c3ccc(Cl)cc3)cc2)c1. The van der Waals surface area contributed by atoms with E-state index >= 15 is 0 Å². The van der Waals surface area contributed by atoms with Gasteiger partial charge in [-0.2, -0.15) is 0 Å². The summed E-state index contributed by atoms with van der Waals surface area (Å²) >= 11 is 5.81. The number of ether oxygens (including phenoxy) is 1. The summed E-state index contributed by atoms with van der Waals surface area (Å²) in [5.41, 5.74) is 3.09. The van der Waals surface area contributed by atoms with Gasteiger partial charge in [0.25, 0.3) is 11.8 Å². The standard InChI is InChI=1S/C23H21ClN2O3/c1-29-21-4-2-3-19(15-21)16-5-7-17(8-6-16)22(27)25-13-14-26-23(28)18-9-11-20(24)12-10-18/h2-12,15H,13-14H2,1H3,(H,25,27)(H,26,28). The highest BCUT2D eigenvalue weighted by molar-refractivity contribution is 6.30. The molecule has 3 aromatic rings. The number of benzene rings is 3. The van der Waals surface area contributed by atoms with Crippen LogP contribution in [-0.2, 0) is 0 Å². The maximum Gasteiger partial charge on any atom is 0.251 e. The smallest absolute Gasteiger partial charge is 0.251 e. The van der Waals surface area contributed by atoms with Gasteiger partial charge in [-0.05, 0) is 59.7 Å². The Labute approximate surface area is 174 Å². The molecule has 0 saturated carbocycles. The molecule has 0 saturated heterocycles. The summed E-state index contributed by atoms with van der Waals surface area (Å²) in [6.07, 6.45) is 0. The van der Waals surface area contributed by atoms with Gasteiger partial charge in [0.1, 0.15) is 5.75 Å². The first-order valence-corrected chi connectivity index (χ1v) is 9.51. The van der Waals surface area contributed by atoms with Crippen molar-refractivity contribution in [3.05, 3.63) is 88.9 Å². The molecule has 0 spiro atoms. The highest BCUT2D eigenvalue weighted by Gasteiger charge is 2.08. The summed E-state index contributed by atoms with van der Waals surface area (Å²) < 4.78 is 5.24. The van der Waals surface area contributed by atoms with Gasteiger partial charge in [-0.15, -0.1) is 0 Å². The summed E-state index contributed by atoms with van der Waals surface area (Å²) in [5, 5.41) is 6.13. The number of hydrogen-bond acceptors (Lipinski definition) is 3. The van der Waals surface area contributed by atoms with Crippen molar-refractivity contribution in [1.29, 1.82) is 0 Å². The third-order valence-electron chi connectivity index (χ3n) is 4.35. The van der Waals surface area contributed by atoms with Crippen LogP contribution < -0.4 is 15.4 Å². The van der Waals surface area contributed by atoms with Crippen LogP contribution in [0.3, 0.4) is 0 Å². The highest BCUT2D eigenvalue weighted by Crippen LogP contribution is 2.24. The predicted molar refractivity (Wildman–Crippen MR) is 115 cm³/mol. The van der Waals surface area contributed by atoms with Gasteiger partial charge in [-0.1, -0.05) is 35.9 Å². The minimum atomic E-state index is -0.210. The molecule has 3 rings (SSSR count). The van der Waals surface area contributed by atoms with E-state index < -0.39 is 0 Å². The Bertz CT molecular complexity index is 986. The molecule has 0 aliphatic rings. The molecule has 0 atom stereocenters. The maximum atomic E-state index is 12.3. The van der Waals surface area contributed by atoms with E-state index in [1.807, 2.05) is 36.4 Å². The summed E-state index contributed by atoms with van der Waals surface area (Å²) in [4.78, 5) is 24.3. The Hall–Kier alpha value is -3.31. The highest BCUT2D eigenvalue weighted by atomic mass is 35.5. The number of carbonyl (C=O) groups is 2. The molecule has 6 heteroatoms. The number of carbonyl (C=O) groups excluding carboxylic acids is 2. The molecule has 0 unspecified atom stereocenters. The Morgan fingerprint density at radius 2 is 1.34 bits per heavy atom. The van der Waals surface area contributed by atoms with Crippen molar-refractivity contribution >= 4 is 23.4 Å². The third kappa shape index (κ3) is 5.59. The summed E-state index contributed by atoms with van der Waals surface area (Å²) in [5.74, 6) is 0.381. The van der Waals surface area contributed by atoms with Crippen LogP contribution in [-0.4, -0.2) is 32.0 Å². The molecular weight excluding hydrogens is 388 g/mol. The van der Waals surface area contributed by atoms with Crippen molar-refractivity contribution in [3.8, 4) is 16.9 Å². The normalized spacial score (nSPS) is 10.3. The minimum Gasteiger partial charge on any atom is -0.497 e. The fourth-order valence-corrected chi connectivity index (χ4v) is 2.90. The van der Waals surface area contributed by atoms with E-state index in [2.05, 4.69) is 10.6 Å². The Morgan fingerprint density at radius 1 is 0.793 bits per heavy atom. The number of amides is 2. The van der Waals surface area contributed by atoms with Crippen molar-refractivity contribution in [2.45, 2.75) is 0 Å². The molecule has 0 aromatic heterocycles. The first kappa shape index (κ1) is 20.4. The molecule has 2 N–H and O–H groups in total. The van der Waals surface area contributed by atoms with Crippen molar-refractivity contribution in [2.24, 2.45) is 0 Å². The second-order valence-electron chi connectivity index (χ2n) is 6.33. The van der Waals surface area contributed by atoms with Crippen LogP contribution in [0.25, 0.3) is 11.1 Å². The van der Waals surface area contributed by atoms with Gasteiger partial charge in [-0.3, -0.25) is 9.59 Å². The molecule has 29 heavy (non-hydrogen) atoms. The predicted octanol–water partition coefficient (Wildman–Crippen LogP) is 4.18. The topological polar surface area (TPSA) is 67.4 Å². The van der Waals surface area contributed by atoms with Crippen molar-refractivity contribution in [2.75, 3.05) is 20.2 Å². The first-order chi connectivity index (χ1) is 14.1. The first-order valence-electron chi connectivity index (χ1n) is 9.13. The lowest BCUT2D eigenvalue weighted by atomic mass is 10.0. The zero-order valence-corrected chi connectivity index (χ0v) is 16.7. The number of nitrogens with one attached hydrogen (secondary N) is 2. The Kier molecular flexibility index (Phi) is 6.87. The van der Waals surface area contributed by atoms with E-state index in [-0.39, 0.29) is 11.8 Å². The Balaban J connectivity index is 1.49. The van der Waals surface area contributed by atoms with E-state index in [0.717, 1.165) is 16.9 Å². The molecule has 3 aromatic carbocycles. The molecule has 0 aliphatic heterocycles. The second-order valence-corrected chi connectivity index (χ2v) is 6.76. The molecule has 0 radical (unpaired) electrons. The fourth-order valence-electron chi connectivity index (χ4n) is 2.77. The van der Waals surface area contributed by atoms with E-state index in [0.29, 0.717) is 29.2 Å². The average Bonchev–Trinajstić information content (AvgIpc) is 2.77. The average molecular weight is 409 g/mol. The van der Waals surface area contributed by atoms with Crippen LogP contribution in [0.2, 0.25) is 5.02 Å². The largest absolute Gasteiger partial charge is 0.497 e. The molecule has 0 bridgehead atoms. The molecule has 5 nitrogen and oxygen atoms in total. The van der Waals surface area contributed by atoms with Crippen LogP contribution in [0.5, 0.6) is 5.75 Å². The van der Waals surface area contributed by atoms with Gasteiger partial charge in [-0.25, -0.2) is 0 Å². The zero-order chi connectivity index (χ0) is 20.6. The monoisotopic (exact) mass is 408 g/mol. The van der Waals surface area contributed by atoms with E-state index in [1.165, 1.54) is 0 Å². The van der Waals surface area contributed by atoms with E-state index in [4.69, 9.17) is 16.3 Å². The summed E-state index contributed by atoms with van der Waals surface area (Å²) in [6, 6.07) is 21.7. The molecule has 0 fully saturated rings. The molecule has 2 amide bonds. The van der Waals surface area contributed by atoms with Gasteiger partial charge >= 0.3 is 0 Å². The third-order valence-corrected chi connectivity index (χ3v) is 4.60. The molecular formula is C23H21ClN2O3. The second kappa shape index (κ2) is 9.75. The van der Waals surface area contributed by atoms with E-state index in [9.17, 15) is 9.59 Å². The lowest BCUT2D eigenvalue weighted by molar-refractivity contribution is 0.0927. The Morgan fingerprint density at radius 3 is 1.90 bits per heavy atom. The number of rotatable bonds is 7. The number of hydrogen-bond donors (Lipinski definition) is 2. The summed E-state index contributed by atoms with van der Waals surface area (Å²) in [7, 11) is 1.63. The van der Waals surface area contributed by atoms with Crippen molar-refractivity contribution in [1.82, 2.24) is 10.6 Å². The summed E-state index contributed by atoms with van der Waals surface area (Å²) in [6.45, 7) is 0.658. The van der Waals surface area contributed by atoms with Crippen LogP contribution in [0.1, 0.15) is 20.7 Å². The van der Waals surface area contributed by atoms with Crippen LogP contribution in [0, 0.1) is 0 Å². The van der Waals surface area contributed by atoms with Crippen LogP contribution >= 0.6 is 11.6 Å². The van der Waals surface area contributed by atoms with Gasteiger partial charge in [0.2, 0.25) is 0 Å². The quantitative estimate of drug-likeness (QED) is 0.576. The molecule has 0 aliphatic carbocycles. The lowest BCUT2D eigenvalue weighted by Crippen LogP contribution is -2.34. The van der Waals surface area contributed by atoms with Crippen LogP contribution in [0.4, 0.5) is 0 Å². The number of halogens is 1. The maximum absolute atomic E-state index is 12.3. The fraction of sp³-hybridized carbons (Fsp3) is 0.130. The van der Waals surface area contributed by atoms with Gasteiger partial charge in [0, 0.05) is 29.2 Å². The van der Waals surface area contributed by atoms with E-state index in [1.54, 1.807) is 43.5 Å². The molecule has 0 heterocycles. The van der Waals surface area contributed by atoms with Crippen LogP contribution in [0.15, 0.2) is 72.8 Å². The van der Waals surface area contributed by atoms with Gasteiger partial charge in [0.15, 0.2) is 0 Å². The number of methoxy groups -OCH3 is 1.